The summed E-state index contributed by atoms with van der Waals surface area (Å²) in [6, 6.07) is 4.46. The molecule has 0 aliphatic carbocycles. The van der Waals surface area contributed by atoms with E-state index in [9.17, 15) is 0 Å². The zero-order valence-electron chi connectivity index (χ0n) is 9.55. The maximum Gasteiger partial charge on any atom is 0.137 e. The Morgan fingerprint density at radius 1 is 1.44 bits per heavy atom. The van der Waals surface area contributed by atoms with Gasteiger partial charge in [0.25, 0.3) is 0 Å². The Bertz CT molecular complexity index is 467. The Morgan fingerprint density at radius 3 is 2.94 bits per heavy atom. The van der Waals surface area contributed by atoms with Gasteiger partial charge in [-0.1, -0.05) is 0 Å². The highest BCUT2D eigenvalue weighted by atomic mass is 32.1. The van der Waals surface area contributed by atoms with Gasteiger partial charge < -0.3 is 10.0 Å². The van der Waals surface area contributed by atoms with Gasteiger partial charge in [-0.25, -0.2) is 4.98 Å². The molecule has 0 aliphatic rings. The quantitative estimate of drug-likeness (QED) is 0.886. The Hall–Kier alpha value is -1.13. The number of pyridine rings is 1. The predicted molar refractivity (Wildman–Crippen MR) is 69.2 cm³/mol. The van der Waals surface area contributed by atoms with E-state index in [2.05, 4.69) is 35.2 Å². The summed E-state index contributed by atoms with van der Waals surface area (Å²) in [5.41, 5.74) is 0. The topological polar surface area (TPSA) is 36.4 Å². The highest BCUT2D eigenvalue weighted by molar-refractivity contribution is 7.17. The van der Waals surface area contributed by atoms with Gasteiger partial charge in [-0.05, 0) is 31.4 Å². The second-order valence-electron chi connectivity index (χ2n) is 3.98. The van der Waals surface area contributed by atoms with Gasteiger partial charge in [0.05, 0.1) is 6.61 Å². The number of thiophene rings is 1. The third-order valence-corrected chi connectivity index (χ3v) is 3.48. The van der Waals surface area contributed by atoms with Gasteiger partial charge >= 0.3 is 0 Å². The maximum atomic E-state index is 9.10. The molecule has 0 bridgehead atoms. The molecule has 0 spiro atoms. The van der Waals surface area contributed by atoms with E-state index in [1.54, 1.807) is 11.3 Å². The number of anilines is 1. The first-order chi connectivity index (χ1) is 7.74. The molecular weight excluding hydrogens is 220 g/mol. The molecule has 0 aromatic carbocycles. The minimum Gasteiger partial charge on any atom is -0.395 e. The van der Waals surface area contributed by atoms with Crippen molar-refractivity contribution >= 4 is 27.2 Å². The predicted octanol–water partition coefficient (Wildman–Crippen LogP) is 2.50. The third-order valence-electron chi connectivity index (χ3n) is 2.60. The molecule has 0 fully saturated rings. The van der Waals surface area contributed by atoms with Crippen LogP contribution in [-0.2, 0) is 0 Å². The minimum atomic E-state index is 0.153. The van der Waals surface area contributed by atoms with Gasteiger partial charge in [-0.2, -0.15) is 0 Å². The number of rotatable bonds is 4. The molecule has 1 N–H and O–H groups in total. The molecule has 3 nitrogen and oxygen atoms in total. The molecule has 86 valence electrons. The standard InChI is InChI=1S/C12H16N2OS/c1-9(2)14(6-7-15)12-10-4-8-16-11(10)3-5-13-12/h3-5,8-9,15H,6-7H2,1-2H3. The molecule has 2 heterocycles. The zero-order chi connectivity index (χ0) is 11.5. The van der Waals surface area contributed by atoms with Crippen LogP contribution in [0.4, 0.5) is 5.82 Å². The summed E-state index contributed by atoms with van der Waals surface area (Å²) in [6.45, 7) is 5.01. The second kappa shape index (κ2) is 4.80. The molecule has 2 aromatic rings. The highest BCUT2D eigenvalue weighted by Crippen LogP contribution is 2.29. The molecule has 2 aromatic heterocycles. The largest absolute Gasteiger partial charge is 0.395 e. The van der Waals surface area contributed by atoms with E-state index in [-0.39, 0.29) is 6.61 Å². The van der Waals surface area contributed by atoms with Crippen LogP contribution >= 0.6 is 11.3 Å². The molecule has 0 saturated carbocycles. The zero-order valence-corrected chi connectivity index (χ0v) is 10.4. The molecular formula is C12H16N2OS. The molecule has 0 aliphatic heterocycles. The molecule has 0 saturated heterocycles. The van der Waals surface area contributed by atoms with Gasteiger partial charge in [-0.3, -0.25) is 0 Å². The Balaban J connectivity index is 2.47. The van der Waals surface area contributed by atoms with E-state index in [0.717, 1.165) is 5.82 Å². The smallest absolute Gasteiger partial charge is 0.137 e. The van der Waals surface area contributed by atoms with E-state index in [1.807, 2.05) is 12.3 Å². The number of hydrogen-bond acceptors (Lipinski definition) is 4. The summed E-state index contributed by atoms with van der Waals surface area (Å²) in [5.74, 6) is 0.975. The molecule has 0 atom stereocenters. The molecule has 0 unspecified atom stereocenters. The van der Waals surface area contributed by atoms with Crippen molar-refractivity contribution in [2.24, 2.45) is 0 Å². The summed E-state index contributed by atoms with van der Waals surface area (Å²) in [5, 5.41) is 12.4. The van der Waals surface area contributed by atoms with Crippen LogP contribution < -0.4 is 4.90 Å². The van der Waals surface area contributed by atoms with Crippen molar-refractivity contribution in [1.29, 1.82) is 0 Å². The van der Waals surface area contributed by atoms with Gasteiger partial charge in [-0.15, -0.1) is 11.3 Å². The van der Waals surface area contributed by atoms with Crippen molar-refractivity contribution < 1.29 is 5.11 Å². The SMILES string of the molecule is CC(C)N(CCO)c1nccc2sccc12. The van der Waals surface area contributed by atoms with E-state index in [0.29, 0.717) is 12.6 Å². The first-order valence-electron chi connectivity index (χ1n) is 5.43. The van der Waals surface area contributed by atoms with Crippen LogP contribution in [0.3, 0.4) is 0 Å². The molecule has 0 amide bonds. The van der Waals surface area contributed by atoms with Crippen LogP contribution in [0.5, 0.6) is 0 Å². The van der Waals surface area contributed by atoms with Crippen molar-refractivity contribution in [2.75, 3.05) is 18.1 Å². The second-order valence-corrected chi connectivity index (χ2v) is 4.93. The highest BCUT2D eigenvalue weighted by Gasteiger charge is 2.14. The molecule has 2 rings (SSSR count). The van der Waals surface area contributed by atoms with Crippen LogP contribution in [0.2, 0.25) is 0 Å². The normalized spacial score (nSPS) is 11.2. The lowest BCUT2D eigenvalue weighted by Gasteiger charge is -2.27. The average Bonchev–Trinajstić information content (AvgIpc) is 2.73. The number of nitrogens with zero attached hydrogens (tertiary/aromatic N) is 2. The fourth-order valence-electron chi connectivity index (χ4n) is 1.83. The molecule has 0 radical (unpaired) electrons. The number of hydrogen-bond donors (Lipinski definition) is 1. The lowest BCUT2D eigenvalue weighted by molar-refractivity contribution is 0.299. The summed E-state index contributed by atoms with van der Waals surface area (Å²) in [7, 11) is 0. The van der Waals surface area contributed by atoms with Crippen LogP contribution in [0, 0.1) is 0 Å². The Labute approximate surface area is 99.4 Å². The van der Waals surface area contributed by atoms with Crippen LogP contribution in [0.1, 0.15) is 13.8 Å². The average molecular weight is 236 g/mol. The fourth-order valence-corrected chi connectivity index (χ4v) is 2.60. The van der Waals surface area contributed by atoms with E-state index in [4.69, 9.17) is 5.11 Å². The van der Waals surface area contributed by atoms with Crippen molar-refractivity contribution in [3.63, 3.8) is 0 Å². The van der Waals surface area contributed by atoms with Crippen LogP contribution in [0.15, 0.2) is 23.7 Å². The van der Waals surface area contributed by atoms with Gasteiger partial charge in [0, 0.05) is 28.9 Å². The van der Waals surface area contributed by atoms with Crippen LogP contribution in [0.25, 0.3) is 10.1 Å². The first kappa shape index (κ1) is 11.4. The lowest BCUT2D eigenvalue weighted by Crippen LogP contribution is -2.34. The number of aromatic nitrogens is 1. The fraction of sp³-hybridized carbons (Fsp3) is 0.417. The monoisotopic (exact) mass is 236 g/mol. The molecule has 4 heteroatoms. The third kappa shape index (κ3) is 2.03. The summed E-state index contributed by atoms with van der Waals surface area (Å²) < 4.78 is 1.24. The van der Waals surface area contributed by atoms with Gasteiger partial charge in [0.1, 0.15) is 5.82 Å². The van der Waals surface area contributed by atoms with E-state index < -0.39 is 0 Å². The van der Waals surface area contributed by atoms with E-state index in [1.165, 1.54) is 10.1 Å². The summed E-state index contributed by atoms with van der Waals surface area (Å²) in [4.78, 5) is 6.57. The van der Waals surface area contributed by atoms with E-state index >= 15 is 0 Å². The minimum absolute atomic E-state index is 0.153. The van der Waals surface area contributed by atoms with Crippen molar-refractivity contribution in [1.82, 2.24) is 4.98 Å². The van der Waals surface area contributed by atoms with Crippen molar-refractivity contribution in [3.05, 3.63) is 23.7 Å². The number of aliphatic hydroxyl groups excluding tert-OH is 1. The Morgan fingerprint density at radius 2 is 2.25 bits per heavy atom. The summed E-state index contributed by atoms with van der Waals surface area (Å²) in [6.07, 6.45) is 1.83. The number of fused-ring (bicyclic) bond motifs is 1. The Kier molecular flexibility index (Phi) is 3.41. The lowest BCUT2D eigenvalue weighted by atomic mass is 10.2. The van der Waals surface area contributed by atoms with Crippen molar-refractivity contribution in [2.45, 2.75) is 19.9 Å². The molecule has 16 heavy (non-hydrogen) atoms. The number of aliphatic hydroxyl groups is 1. The van der Waals surface area contributed by atoms with Crippen molar-refractivity contribution in [3.8, 4) is 0 Å². The van der Waals surface area contributed by atoms with Gasteiger partial charge in [0.15, 0.2) is 0 Å². The summed E-state index contributed by atoms with van der Waals surface area (Å²) >= 11 is 1.72. The first-order valence-corrected chi connectivity index (χ1v) is 6.31. The van der Waals surface area contributed by atoms with Gasteiger partial charge in [0.2, 0.25) is 0 Å². The van der Waals surface area contributed by atoms with Crippen LogP contribution in [-0.4, -0.2) is 29.3 Å². The maximum absolute atomic E-state index is 9.10.